The van der Waals surface area contributed by atoms with Crippen molar-refractivity contribution in [3.05, 3.63) is 22.7 Å². The van der Waals surface area contributed by atoms with E-state index < -0.39 is 0 Å². The van der Waals surface area contributed by atoms with Crippen molar-refractivity contribution in [3.8, 4) is 11.5 Å². The maximum atomic E-state index is 5.32. The molecular weight excluding hydrogens is 220 g/mol. The number of hydrogen-bond donors (Lipinski definition) is 0. The van der Waals surface area contributed by atoms with Crippen molar-refractivity contribution in [1.82, 2.24) is 0 Å². The third-order valence-electron chi connectivity index (χ3n) is 1.37. The lowest BCUT2D eigenvalue weighted by atomic mass is 10.3. The second kappa shape index (κ2) is 4.36. The van der Waals surface area contributed by atoms with Crippen LogP contribution in [0.3, 0.4) is 0 Å². The summed E-state index contributed by atoms with van der Waals surface area (Å²) in [6, 6.07) is 6.49. The van der Waals surface area contributed by atoms with E-state index in [1.54, 1.807) is 19.2 Å². The SMILES string of the molecule is CCOc1c[c]cc(Br)c1OC. The molecule has 1 radical (unpaired) electrons. The molecule has 0 atom stereocenters. The van der Waals surface area contributed by atoms with Crippen LogP contribution in [-0.4, -0.2) is 13.7 Å². The van der Waals surface area contributed by atoms with Gasteiger partial charge in [0.2, 0.25) is 0 Å². The molecule has 0 saturated carbocycles. The molecule has 0 aliphatic carbocycles. The van der Waals surface area contributed by atoms with E-state index in [2.05, 4.69) is 22.0 Å². The van der Waals surface area contributed by atoms with Crippen LogP contribution in [0.15, 0.2) is 16.6 Å². The number of ether oxygens (including phenoxy) is 2. The first-order chi connectivity index (χ1) is 5.79. The monoisotopic (exact) mass is 229 g/mol. The van der Waals surface area contributed by atoms with Gasteiger partial charge in [0.05, 0.1) is 18.2 Å². The normalized spacial score (nSPS) is 9.58. The standard InChI is InChI=1S/C9H10BrO2/c1-3-12-8-6-4-5-7(10)9(8)11-2/h5-6H,3H2,1-2H3. The molecule has 3 heteroatoms. The molecule has 0 amide bonds. The summed E-state index contributed by atoms with van der Waals surface area (Å²) in [5.74, 6) is 1.44. The maximum absolute atomic E-state index is 5.32. The third-order valence-corrected chi connectivity index (χ3v) is 1.96. The Bertz CT molecular complexity index is 261. The van der Waals surface area contributed by atoms with E-state index >= 15 is 0 Å². The summed E-state index contributed by atoms with van der Waals surface area (Å²) in [6.07, 6.45) is 0. The fourth-order valence-corrected chi connectivity index (χ4v) is 1.39. The lowest BCUT2D eigenvalue weighted by Crippen LogP contribution is -1.95. The molecule has 65 valence electrons. The molecule has 0 aliphatic rings. The fourth-order valence-electron chi connectivity index (χ4n) is 0.900. The molecule has 0 heterocycles. The van der Waals surface area contributed by atoms with Gasteiger partial charge in [-0.15, -0.1) is 0 Å². The first-order valence-corrected chi connectivity index (χ1v) is 4.45. The van der Waals surface area contributed by atoms with Gasteiger partial charge in [-0.25, -0.2) is 0 Å². The Morgan fingerprint density at radius 1 is 1.50 bits per heavy atom. The molecular formula is C9H10BrO2. The zero-order chi connectivity index (χ0) is 8.97. The highest BCUT2D eigenvalue weighted by Crippen LogP contribution is 2.34. The summed E-state index contributed by atoms with van der Waals surface area (Å²) in [7, 11) is 1.61. The number of benzene rings is 1. The smallest absolute Gasteiger partial charge is 0.174 e. The number of methoxy groups -OCH3 is 1. The Morgan fingerprint density at radius 3 is 2.83 bits per heavy atom. The maximum Gasteiger partial charge on any atom is 0.174 e. The highest BCUT2D eigenvalue weighted by Gasteiger charge is 2.06. The molecule has 0 unspecified atom stereocenters. The molecule has 0 fully saturated rings. The molecule has 0 saturated heterocycles. The summed E-state index contributed by atoms with van der Waals surface area (Å²) >= 11 is 3.34. The lowest BCUT2D eigenvalue weighted by Gasteiger charge is -2.09. The van der Waals surface area contributed by atoms with Crippen LogP contribution >= 0.6 is 15.9 Å². The van der Waals surface area contributed by atoms with E-state index in [9.17, 15) is 0 Å². The van der Waals surface area contributed by atoms with E-state index in [1.807, 2.05) is 6.92 Å². The van der Waals surface area contributed by atoms with Crippen LogP contribution in [0.25, 0.3) is 0 Å². The molecule has 1 aromatic carbocycles. The van der Waals surface area contributed by atoms with Crippen molar-refractivity contribution in [2.75, 3.05) is 13.7 Å². The van der Waals surface area contributed by atoms with Crippen molar-refractivity contribution in [2.45, 2.75) is 6.92 Å². The molecule has 1 rings (SSSR count). The predicted octanol–water partition coefficient (Wildman–Crippen LogP) is 2.66. The predicted molar refractivity (Wildman–Crippen MR) is 50.7 cm³/mol. The second-order valence-corrected chi connectivity index (χ2v) is 2.99. The number of rotatable bonds is 3. The van der Waals surface area contributed by atoms with Crippen LogP contribution in [0, 0.1) is 6.07 Å². The second-order valence-electron chi connectivity index (χ2n) is 2.13. The number of halogens is 1. The van der Waals surface area contributed by atoms with Gasteiger partial charge in [-0.2, -0.15) is 0 Å². The zero-order valence-corrected chi connectivity index (χ0v) is 8.64. The van der Waals surface area contributed by atoms with Crippen LogP contribution < -0.4 is 9.47 Å². The molecule has 0 bridgehead atoms. The highest BCUT2D eigenvalue weighted by atomic mass is 79.9. The Morgan fingerprint density at radius 2 is 2.25 bits per heavy atom. The van der Waals surface area contributed by atoms with Gasteiger partial charge in [-0.3, -0.25) is 0 Å². The minimum absolute atomic E-state index is 0.626. The van der Waals surface area contributed by atoms with Gasteiger partial charge in [-0.05, 0) is 41.1 Å². The first-order valence-electron chi connectivity index (χ1n) is 3.66. The van der Waals surface area contributed by atoms with E-state index in [0.29, 0.717) is 6.61 Å². The van der Waals surface area contributed by atoms with Gasteiger partial charge >= 0.3 is 0 Å². The van der Waals surface area contributed by atoms with Crippen molar-refractivity contribution in [1.29, 1.82) is 0 Å². The van der Waals surface area contributed by atoms with E-state index in [-0.39, 0.29) is 0 Å². The molecule has 1 aromatic rings. The van der Waals surface area contributed by atoms with Crippen LogP contribution in [0.4, 0.5) is 0 Å². The van der Waals surface area contributed by atoms with Crippen molar-refractivity contribution < 1.29 is 9.47 Å². The molecule has 0 spiro atoms. The molecule has 0 aromatic heterocycles. The Hall–Kier alpha value is -0.700. The van der Waals surface area contributed by atoms with Gasteiger partial charge in [0, 0.05) is 0 Å². The first kappa shape index (κ1) is 9.39. The zero-order valence-electron chi connectivity index (χ0n) is 7.06. The van der Waals surface area contributed by atoms with Crippen molar-refractivity contribution in [2.24, 2.45) is 0 Å². The molecule has 2 nitrogen and oxygen atoms in total. The summed E-state index contributed by atoms with van der Waals surface area (Å²) in [6.45, 7) is 2.56. The largest absolute Gasteiger partial charge is 0.492 e. The summed E-state index contributed by atoms with van der Waals surface area (Å²) < 4.78 is 11.3. The summed E-state index contributed by atoms with van der Waals surface area (Å²) in [5, 5.41) is 0. The fraction of sp³-hybridized carbons (Fsp3) is 0.333. The quantitative estimate of drug-likeness (QED) is 0.794. The van der Waals surface area contributed by atoms with Gasteiger partial charge < -0.3 is 9.47 Å². The van der Waals surface area contributed by atoms with Crippen LogP contribution in [0.5, 0.6) is 11.5 Å². The lowest BCUT2D eigenvalue weighted by molar-refractivity contribution is 0.310. The Kier molecular flexibility index (Phi) is 3.41. The van der Waals surface area contributed by atoms with Crippen molar-refractivity contribution in [3.63, 3.8) is 0 Å². The van der Waals surface area contributed by atoms with E-state index in [0.717, 1.165) is 16.0 Å². The van der Waals surface area contributed by atoms with Crippen LogP contribution in [0.2, 0.25) is 0 Å². The number of hydrogen-bond acceptors (Lipinski definition) is 2. The van der Waals surface area contributed by atoms with Gasteiger partial charge in [0.25, 0.3) is 0 Å². The van der Waals surface area contributed by atoms with Crippen molar-refractivity contribution >= 4 is 15.9 Å². The molecule has 0 N–H and O–H groups in total. The van der Waals surface area contributed by atoms with Crippen LogP contribution in [-0.2, 0) is 0 Å². The third kappa shape index (κ3) is 1.91. The summed E-state index contributed by atoms with van der Waals surface area (Å²) in [5.41, 5.74) is 0. The average Bonchev–Trinajstić information content (AvgIpc) is 2.05. The van der Waals surface area contributed by atoms with Gasteiger partial charge in [-0.1, -0.05) is 0 Å². The highest BCUT2D eigenvalue weighted by molar-refractivity contribution is 9.10. The van der Waals surface area contributed by atoms with Gasteiger partial charge in [0.15, 0.2) is 11.5 Å². The minimum Gasteiger partial charge on any atom is -0.492 e. The van der Waals surface area contributed by atoms with E-state index in [4.69, 9.17) is 9.47 Å². The Labute approximate surface area is 80.6 Å². The Balaban J connectivity index is 3.00. The average molecular weight is 230 g/mol. The summed E-state index contributed by atoms with van der Waals surface area (Å²) in [4.78, 5) is 0. The van der Waals surface area contributed by atoms with E-state index in [1.165, 1.54) is 0 Å². The van der Waals surface area contributed by atoms with Gasteiger partial charge in [0.1, 0.15) is 0 Å². The minimum atomic E-state index is 0.626. The van der Waals surface area contributed by atoms with Crippen LogP contribution in [0.1, 0.15) is 6.92 Å². The molecule has 0 aliphatic heterocycles. The molecule has 12 heavy (non-hydrogen) atoms. The topological polar surface area (TPSA) is 18.5 Å².